The average Bonchev–Trinajstić information content (AvgIpc) is 2.39. The molecule has 104 valence electrons. The van der Waals surface area contributed by atoms with Crippen molar-refractivity contribution in [1.29, 1.82) is 0 Å². The second-order valence-corrected chi connectivity index (χ2v) is 4.84. The van der Waals surface area contributed by atoms with Crippen LogP contribution in [0.3, 0.4) is 0 Å². The molecule has 2 atom stereocenters. The summed E-state index contributed by atoms with van der Waals surface area (Å²) >= 11 is 0. The summed E-state index contributed by atoms with van der Waals surface area (Å²) in [6.45, 7) is 3.13. The van der Waals surface area contributed by atoms with Gasteiger partial charge in [-0.3, -0.25) is 0 Å². The SMILES string of the molecule is COC1CN(c2cc(C(=O)O)c(C)cn2)CCC1N. The number of hydrogen-bond donors (Lipinski definition) is 2. The number of anilines is 1. The van der Waals surface area contributed by atoms with Crippen molar-refractivity contribution in [3.8, 4) is 0 Å². The minimum atomic E-state index is -0.932. The van der Waals surface area contributed by atoms with Crippen LogP contribution in [-0.4, -0.2) is 48.4 Å². The van der Waals surface area contributed by atoms with Crippen molar-refractivity contribution >= 4 is 11.8 Å². The van der Waals surface area contributed by atoms with Gasteiger partial charge in [0.05, 0.1) is 11.7 Å². The van der Waals surface area contributed by atoms with E-state index in [0.29, 0.717) is 17.9 Å². The zero-order valence-electron chi connectivity index (χ0n) is 11.2. The highest BCUT2D eigenvalue weighted by molar-refractivity contribution is 5.90. The summed E-state index contributed by atoms with van der Waals surface area (Å²) in [5.74, 6) is -0.268. The number of nitrogens with two attached hydrogens (primary N) is 1. The first-order valence-electron chi connectivity index (χ1n) is 6.26. The Bertz CT molecular complexity index is 478. The average molecular weight is 265 g/mol. The number of aryl methyl sites for hydroxylation is 1. The van der Waals surface area contributed by atoms with E-state index in [1.807, 2.05) is 4.90 Å². The summed E-state index contributed by atoms with van der Waals surface area (Å²) in [7, 11) is 1.64. The molecule has 0 spiro atoms. The van der Waals surface area contributed by atoms with Crippen LogP contribution in [0.5, 0.6) is 0 Å². The van der Waals surface area contributed by atoms with Gasteiger partial charge < -0.3 is 20.5 Å². The van der Waals surface area contributed by atoms with Gasteiger partial charge in [0.2, 0.25) is 0 Å². The fourth-order valence-corrected chi connectivity index (χ4v) is 2.31. The Labute approximate surface area is 112 Å². The van der Waals surface area contributed by atoms with Crippen LogP contribution in [0, 0.1) is 6.92 Å². The first-order chi connectivity index (χ1) is 9.02. The third kappa shape index (κ3) is 2.85. The molecule has 2 rings (SSSR count). The number of carboxylic acids is 1. The van der Waals surface area contributed by atoms with E-state index in [1.165, 1.54) is 0 Å². The molecule has 1 aliphatic heterocycles. The van der Waals surface area contributed by atoms with E-state index >= 15 is 0 Å². The Morgan fingerprint density at radius 3 is 3.00 bits per heavy atom. The summed E-state index contributed by atoms with van der Waals surface area (Å²) in [6, 6.07) is 1.63. The molecule has 1 fully saturated rings. The van der Waals surface area contributed by atoms with Crippen LogP contribution in [0.25, 0.3) is 0 Å². The highest BCUT2D eigenvalue weighted by Crippen LogP contribution is 2.21. The number of rotatable bonds is 3. The lowest BCUT2D eigenvalue weighted by Crippen LogP contribution is -2.51. The standard InChI is InChI=1S/C13H19N3O3/c1-8-6-15-12(5-9(8)13(17)18)16-4-3-10(14)11(7-16)19-2/h5-6,10-11H,3-4,7,14H2,1-2H3,(H,17,18). The van der Waals surface area contributed by atoms with Crippen LogP contribution in [0.4, 0.5) is 5.82 Å². The third-order valence-electron chi connectivity index (χ3n) is 3.56. The molecule has 0 aliphatic carbocycles. The number of ether oxygens (including phenoxy) is 1. The van der Waals surface area contributed by atoms with Crippen molar-refractivity contribution in [2.75, 3.05) is 25.1 Å². The van der Waals surface area contributed by atoms with Crippen molar-refractivity contribution in [2.45, 2.75) is 25.5 Å². The molecule has 0 radical (unpaired) electrons. The van der Waals surface area contributed by atoms with Gasteiger partial charge in [0, 0.05) is 32.4 Å². The van der Waals surface area contributed by atoms with E-state index in [0.717, 1.165) is 13.0 Å². The van der Waals surface area contributed by atoms with E-state index in [-0.39, 0.29) is 17.7 Å². The quantitative estimate of drug-likeness (QED) is 0.833. The highest BCUT2D eigenvalue weighted by atomic mass is 16.5. The Morgan fingerprint density at radius 1 is 1.63 bits per heavy atom. The molecule has 2 unspecified atom stereocenters. The molecule has 1 aromatic rings. The second-order valence-electron chi connectivity index (χ2n) is 4.84. The van der Waals surface area contributed by atoms with Crippen molar-refractivity contribution in [3.63, 3.8) is 0 Å². The zero-order chi connectivity index (χ0) is 14.0. The molecule has 6 nitrogen and oxygen atoms in total. The molecule has 3 N–H and O–H groups in total. The van der Waals surface area contributed by atoms with E-state index in [1.54, 1.807) is 26.3 Å². The van der Waals surface area contributed by atoms with Gasteiger partial charge in [-0.25, -0.2) is 9.78 Å². The highest BCUT2D eigenvalue weighted by Gasteiger charge is 2.27. The molecule has 6 heteroatoms. The molecule has 2 heterocycles. The topological polar surface area (TPSA) is 88.7 Å². The van der Waals surface area contributed by atoms with E-state index < -0.39 is 5.97 Å². The van der Waals surface area contributed by atoms with Gasteiger partial charge in [-0.1, -0.05) is 0 Å². The smallest absolute Gasteiger partial charge is 0.336 e. The minimum Gasteiger partial charge on any atom is -0.478 e. The Balaban J connectivity index is 2.22. The molecular formula is C13H19N3O3. The summed E-state index contributed by atoms with van der Waals surface area (Å²) in [4.78, 5) is 17.5. The third-order valence-corrected chi connectivity index (χ3v) is 3.56. The van der Waals surface area contributed by atoms with E-state index in [2.05, 4.69) is 4.98 Å². The maximum atomic E-state index is 11.1. The number of piperidine rings is 1. The normalized spacial score (nSPS) is 23.4. The largest absolute Gasteiger partial charge is 0.478 e. The van der Waals surface area contributed by atoms with E-state index in [4.69, 9.17) is 15.6 Å². The number of nitrogens with zero attached hydrogens (tertiary/aromatic N) is 2. The molecule has 1 aromatic heterocycles. The van der Waals surface area contributed by atoms with Gasteiger partial charge in [0.25, 0.3) is 0 Å². The van der Waals surface area contributed by atoms with Crippen LogP contribution in [-0.2, 0) is 4.74 Å². The maximum Gasteiger partial charge on any atom is 0.336 e. The summed E-state index contributed by atoms with van der Waals surface area (Å²) < 4.78 is 5.35. The fourth-order valence-electron chi connectivity index (χ4n) is 2.31. The number of aromatic nitrogens is 1. The van der Waals surface area contributed by atoms with Gasteiger partial charge in [-0.05, 0) is 25.0 Å². The first kappa shape index (κ1) is 13.8. The molecule has 19 heavy (non-hydrogen) atoms. The van der Waals surface area contributed by atoms with Crippen LogP contribution in [0.2, 0.25) is 0 Å². The minimum absolute atomic E-state index is 0.0191. The summed E-state index contributed by atoms with van der Waals surface area (Å²) in [6.07, 6.45) is 2.34. The number of carboxylic acid groups (broad SMARTS) is 1. The molecule has 0 saturated carbocycles. The van der Waals surface area contributed by atoms with Crippen LogP contribution >= 0.6 is 0 Å². The number of pyridine rings is 1. The van der Waals surface area contributed by atoms with Crippen molar-refractivity contribution in [1.82, 2.24) is 4.98 Å². The number of carbonyl (C=O) groups is 1. The summed E-state index contributed by atoms with van der Waals surface area (Å²) in [5.41, 5.74) is 6.91. The van der Waals surface area contributed by atoms with Crippen LogP contribution in [0.15, 0.2) is 12.3 Å². The first-order valence-corrected chi connectivity index (χ1v) is 6.26. The number of methoxy groups -OCH3 is 1. The van der Waals surface area contributed by atoms with Gasteiger partial charge in [-0.2, -0.15) is 0 Å². The van der Waals surface area contributed by atoms with Crippen molar-refractivity contribution < 1.29 is 14.6 Å². The fraction of sp³-hybridized carbons (Fsp3) is 0.538. The predicted molar refractivity (Wildman–Crippen MR) is 71.5 cm³/mol. The Morgan fingerprint density at radius 2 is 2.37 bits per heavy atom. The zero-order valence-corrected chi connectivity index (χ0v) is 11.2. The molecule has 1 saturated heterocycles. The lowest BCUT2D eigenvalue weighted by molar-refractivity contribution is 0.0695. The van der Waals surface area contributed by atoms with Crippen LogP contribution < -0.4 is 10.6 Å². The lowest BCUT2D eigenvalue weighted by atomic mass is 10.0. The maximum absolute atomic E-state index is 11.1. The van der Waals surface area contributed by atoms with Crippen molar-refractivity contribution in [2.24, 2.45) is 5.73 Å². The van der Waals surface area contributed by atoms with Gasteiger partial charge in [-0.15, -0.1) is 0 Å². The van der Waals surface area contributed by atoms with E-state index in [9.17, 15) is 4.79 Å². The van der Waals surface area contributed by atoms with Gasteiger partial charge in [0.1, 0.15) is 5.82 Å². The lowest BCUT2D eigenvalue weighted by Gasteiger charge is -2.36. The predicted octanol–water partition coefficient (Wildman–Crippen LogP) is 0.641. The molecule has 0 amide bonds. The second kappa shape index (κ2) is 5.54. The molecular weight excluding hydrogens is 246 g/mol. The number of aromatic carboxylic acids is 1. The molecule has 0 bridgehead atoms. The monoisotopic (exact) mass is 265 g/mol. The Kier molecular flexibility index (Phi) is 4.01. The molecule has 1 aliphatic rings. The van der Waals surface area contributed by atoms with Crippen LogP contribution in [0.1, 0.15) is 22.3 Å². The number of hydrogen-bond acceptors (Lipinski definition) is 5. The van der Waals surface area contributed by atoms with Gasteiger partial charge in [0.15, 0.2) is 0 Å². The summed E-state index contributed by atoms with van der Waals surface area (Å²) in [5, 5.41) is 9.14. The van der Waals surface area contributed by atoms with Gasteiger partial charge >= 0.3 is 5.97 Å². The Hall–Kier alpha value is -1.66. The molecule has 0 aromatic carbocycles. The van der Waals surface area contributed by atoms with Crippen molar-refractivity contribution in [3.05, 3.63) is 23.4 Å².